The minimum absolute atomic E-state index is 0.0275. The first-order valence-electron chi connectivity index (χ1n) is 7.06. The highest BCUT2D eigenvalue weighted by Gasteiger charge is 2.43. The maximum absolute atomic E-state index is 11.7. The summed E-state index contributed by atoms with van der Waals surface area (Å²) in [7, 11) is 0. The fourth-order valence-electron chi connectivity index (χ4n) is 2.26. The lowest BCUT2D eigenvalue weighted by molar-refractivity contribution is -0.124. The summed E-state index contributed by atoms with van der Waals surface area (Å²) in [6, 6.07) is 3.07. The molecule has 1 fully saturated rings. The van der Waals surface area contributed by atoms with Gasteiger partial charge in [-0.1, -0.05) is 5.92 Å². The normalized spacial score (nSPS) is 26.5. The number of carbonyl (C=O) groups is 2. The molecule has 1 saturated heterocycles. The van der Waals surface area contributed by atoms with Crippen LogP contribution in [0.15, 0.2) is 22.8 Å². The van der Waals surface area contributed by atoms with Crippen LogP contribution in [0, 0.1) is 12.3 Å². The van der Waals surface area contributed by atoms with Crippen molar-refractivity contribution in [2.75, 3.05) is 13.1 Å². The highest BCUT2D eigenvalue weighted by atomic mass is 16.5. The Hall–Kier alpha value is -2.34. The van der Waals surface area contributed by atoms with Gasteiger partial charge in [-0.15, -0.1) is 6.42 Å². The number of aliphatic hydroxyl groups excluding tert-OH is 2. The molecular formula is C15H18N2O6. The lowest BCUT2D eigenvalue weighted by Crippen LogP contribution is -2.40. The van der Waals surface area contributed by atoms with Gasteiger partial charge in [0.15, 0.2) is 5.76 Å². The van der Waals surface area contributed by atoms with Crippen LogP contribution in [0.2, 0.25) is 0 Å². The number of aliphatic hydroxyl groups is 2. The third-order valence-corrected chi connectivity index (χ3v) is 3.44. The molecule has 8 heteroatoms. The highest BCUT2D eigenvalue weighted by Crippen LogP contribution is 2.23. The summed E-state index contributed by atoms with van der Waals surface area (Å²) < 4.78 is 10.4. The number of nitrogens with one attached hydrogen (secondary N) is 2. The maximum atomic E-state index is 11.7. The molecule has 1 aromatic rings. The Balaban J connectivity index is 1.83. The van der Waals surface area contributed by atoms with E-state index in [9.17, 15) is 19.8 Å². The predicted molar refractivity (Wildman–Crippen MR) is 78.2 cm³/mol. The summed E-state index contributed by atoms with van der Waals surface area (Å²) in [5, 5.41) is 24.8. The Morgan fingerprint density at radius 2 is 2.00 bits per heavy atom. The van der Waals surface area contributed by atoms with Crippen molar-refractivity contribution in [2.45, 2.75) is 30.8 Å². The van der Waals surface area contributed by atoms with Gasteiger partial charge < -0.3 is 30.0 Å². The zero-order valence-corrected chi connectivity index (χ0v) is 12.3. The van der Waals surface area contributed by atoms with Crippen LogP contribution in [-0.4, -0.2) is 59.5 Å². The Morgan fingerprint density at radius 1 is 1.26 bits per heavy atom. The van der Waals surface area contributed by atoms with Crippen LogP contribution in [-0.2, 0) is 9.53 Å². The molecule has 0 saturated carbocycles. The Labute approximate surface area is 132 Å². The van der Waals surface area contributed by atoms with Crippen LogP contribution in [0.3, 0.4) is 0 Å². The van der Waals surface area contributed by atoms with Crippen molar-refractivity contribution in [1.29, 1.82) is 0 Å². The van der Waals surface area contributed by atoms with Crippen molar-refractivity contribution < 1.29 is 29.0 Å². The fraction of sp³-hybridized carbons (Fsp3) is 0.467. The van der Waals surface area contributed by atoms with Crippen molar-refractivity contribution in [1.82, 2.24) is 10.6 Å². The Morgan fingerprint density at radius 3 is 2.65 bits per heavy atom. The smallest absolute Gasteiger partial charge is 0.287 e. The molecule has 1 aromatic heterocycles. The minimum Gasteiger partial charge on any atom is -0.459 e. The molecule has 0 radical (unpaired) electrons. The molecule has 0 aromatic carbocycles. The molecule has 1 aliphatic heterocycles. The topological polar surface area (TPSA) is 121 Å². The molecule has 0 bridgehead atoms. The first-order chi connectivity index (χ1) is 11.0. The molecule has 4 N–H and O–H groups in total. The van der Waals surface area contributed by atoms with E-state index in [1.807, 2.05) is 0 Å². The number of ether oxygens (including phenoxy) is 1. The van der Waals surface area contributed by atoms with Gasteiger partial charge in [0.05, 0.1) is 25.3 Å². The van der Waals surface area contributed by atoms with Gasteiger partial charge in [-0.05, 0) is 12.1 Å². The second-order valence-electron chi connectivity index (χ2n) is 5.07. The lowest BCUT2D eigenvalue weighted by atomic mass is 10.1. The first kappa shape index (κ1) is 17.0. The van der Waals surface area contributed by atoms with Crippen molar-refractivity contribution in [3.05, 3.63) is 24.2 Å². The molecule has 2 rings (SSSR count). The molecule has 0 spiro atoms. The third-order valence-electron chi connectivity index (χ3n) is 3.44. The van der Waals surface area contributed by atoms with Gasteiger partial charge in [0.2, 0.25) is 5.91 Å². The van der Waals surface area contributed by atoms with Crippen LogP contribution < -0.4 is 10.6 Å². The van der Waals surface area contributed by atoms with E-state index in [2.05, 4.69) is 16.6 Å². The molecule has 2 heterocycles. The van der Waals surface area contributed by atoms with Gasteiger partial charge in [-0.3, -0.25) is 9.59 Å². The van der Waals surface area contributed by atoms with Crippen LogP contribution in [0.5, 0.6) is 0 Å². The van der Waals surface area contributed by atoms with E-state index in [1.54, 1.807) is 6.07 Å². The van der Waals surface area contributed by atoms with E-state index >= 15 is 0 Å². The monoisotopic (exact) mass is 322 g/mol. The molecular weight excluding hydrogens is 304 g/mol. The maximum Gasteiger partial charge on any atom is 0.287 e. The Kier molecular flexibility index (Phi) is 5.76. The van der Waals surface area contributed by atoms with E-state index in [-0.39, 0.29) is 31.2 Å². The summed E-state index contributed by atoms with van der Waals surface area (Å²) in [5.41, 5.74) is 0. The SMILES string of the molecule is C#CCNC(=O)C[C@@H]1O[C@H](CNC(=O)c2ccco2)[C@@H](O)[C@H]1O. The van der Waals surface area contributed by atoms with E-state index in [0.717, 1.165) is 0 Å². The van der Waals surface area contributed by atoms with E-state index < -0.39 is 30.3 Å². The van der Waals surface area contributed by atoms with Crippen LogP contribution in [0.1, 0.15) is 17.0 Å². The van der Waals surface area contributed by atoms with E-state index in [0.29, 0.717) is 0 Å². The largest absolute Gasteiger partial charge is 0.459 e. The van der Waals surface area contributed by atoms with Crippen molar-refractivity contribution >= 4 is 11.8 Å². The summed E-state index contributed by atoms with van der Waals surface area (Å²) in [4.78, 5) is 23.3. The highest BCUT2D eigenvalue weighted by molar-refractivity contribution is 5.91. The van der Waals surface area contributed by atoms with Gasteiger partial charge in [-0.2, -0.15) is 0 Å². The molecule has 0 unspecified atom stereocenters. The number of amides is 2. The lowest BCUT2D eigenvalue weighted by Gasteiger charge is -2.14. The number of hydrogen-bond acceptors (Lipinski definition) is 6. The predicted octanol–water partition coefficient (Wildman–Crippen LogP) is -1.36. The molecule has 124 valence electrons. The van der Waals surface area contributed by atoms with Crippen molar-refractivity contribution in [3.63, 3.8) is 0 Å². The number of carbonyl (C=O) groups excluding carboxylic acids is 2. The average molecular weight is 322 g/mol. The van der Waals surface area contributed by atoms with Gasteiger partial charge >= 0.3 is 0 Å². The van der Waals surface area contributed by atoms with Gasteiger partial charge in [0.1, 0.15) is 18.3 Å². The zero-order chi connectivity index (χ0) is 16.8. The average Bonchev–Trinajstić information content (AvgIpc) is 3.15. The van der Waals surface area contributed by atoms with Crippen LogP contribution in [0.25, 0.3) is 0 Å². The van der Waals surface area contributed by atoms with Gasteiger partial charge in [-0.25, -0.2) is 0 Å². The summed E-state index contributed by atoms with van der Waals surface area (Å²) in [6.45, 7) is 0.0487. The first-order valence-corrected chi connectivity index (χ1v) is 7.06. The molecule has 1 aliphatic rings. The second kappa shape index (κ2) is 7.78. The summed E-state index contributed by atoms with van der Waals surface area (Å²) in [6.07, 6.45) is 2.13. The minimum atomic E-state index is -1.22. The molecule has 0 aliphatic carbocycles. The quantitative estimate of drug-likeness (QED) is 0.480. The molecule has 8 nitrogen and oxygen atoms in total. The number of terminal acetylenes is 1. The fourth-order valence-corrected chi connectivity index (χ4v) is 2.26. The summed E-state index contributed by atoms with van der Waals surface area (Å²) >= 11 is 0. The zero-order valence-electron chi connectivity index (χ0n) is 12.3. The van der Waals surface area contributed by atoms with Gasteiger partial charge in [0, 0.05) is 6.54 Å². The van der Waals surface area contributed by atoms with Crippen LogP contribution in [0.4, 0.5) is 0 Å². The Bertz CT molecular complexity index is 579. The standard InChI is InChI=1S/C15H18N2O6/c1-2-5-16-12(18)7-10-13(19)14(20)11(23-10)8-17-15(21)9-4-3-6-22-9/h1,3-4,6,10-11,13-14,19-20H,5,7-8H2,(H,16,18)(H,17,21)/t10-,11+,13-,14+/m0/s1. The van der Waals surface area contributed by atoms with Crippen molar-refractivity contribution in [3.8, 4) is 12.3 Å². The van der Waals surface area contributed by atoms with Crippen LogP contribution >= 0.6 is 0 Å². The van der Waals surface area contributed by atoms with E-state index in [1.165, 1.54) is 12.3 Å². The van der Waals surface area contributed by atoms with E-state index in [4.69, 9.17) is 15.6 Å². The van der Waals surface area contributed by atoms with Gasteiger partial charge in [0.25, 0.3) is 5.91 Å². The number of rotatable bonds is 6. The number of hydrogen-bond donors (Lipinski definition) is 4. The molecule has 23 heavy (non-hydrogen) atoms. The molecule has 2 amide bonds. The molecule has 4 atom stereocenters. The van der Waals surface area contributed by atoms with Crippen molar-refractivity contribution in [2.24, 2.45) is 0 Å². The third kappa shape index (κ3) is 4.32. The second-order valence-corrected chi connectivity index (χ2v) is 5.07. The number of furan rings is 1. The summed E-state index contributed by atoms with van der Waals surface area (Å²) in [5.74, 6) is 1.53.